The molecule has 1 saturated heterocycles. The highest BCUT2D eigenvalue weighted by Crippen LogP contribution is 2.26. The Morgan fingerprint density at radius 3 is 2.24 bits per heavy atom. The van der Waals surface area contributed by atoms with Crippen LogP contribution in [0.1, 0.15) is 57.2 Å². The molecule has 4 heteroatoms. The van der Waals surface area contributed by atoms with Crippen LogP contribution in [0.25, 0.3) is 0 Å². The Morgan fingerprint density at radius 1 is 1.19 bits per heavy atom. The fourth-order valence-corrected chi connectivity index (χ4v) is 2.63. The number of hydrogen-bond acceptors (Lipinski definition) is 2. The molecule has 2 atom stereocenters. The van der Waals surface area contributed by atoms with Crippen molar-refractivity contribution in [2.75, 3.05) is 13.1 Å². The van der Waals surface area contributed by atoms with Crippen molar-refractivity contribution >= 4 is 18.3 Å². The minimum atomic E-state index is -0.258. The first kappa shape index (κ1) is 18.0. The highest BCUT2D eigenvalue weighted by Gasteiger charge is 2.36. The van der Waals surface area contributed by atoms with Gasteiger partial charge in [-0.3, -0.25) is 4.79 Å². The van der Waals surface area contributed by atoms with Gasteiger partial charge in [0, 0.05) is 6.54 Å². The lowest BCUT2D eigenvalue weighted by Crippen LogP contribution is -2.41. The summed E-state index contributed by atoms with van der Waals surface area (Å²) in [6, 6.07) is 8.61. The van der Waals surface area contributed by atoms with Crippen LogP contribution in [0.3, 0.4) is 0 Å². The zero-order valence-electron chi connectivity index (χ0n) is 13.4. The van der Waals surface area contributed by atoms with Crippen LogP contribution >= 0.6 is 12.4 Å². The molecule has 2 rings (SSSR count). The van der Waals surface area contributed by atoms with Gasteiger partial charge in [-0.25, -0.2) is 0 Å². The molecule has 0 spiro atoms. The fourth-order valence-electron chi connectivity index (χ4n) is 2.63. The predicted molar refractivity (Wildman–Crippen MR) is 89.9 cm³/mol. The third-order valence-corrected chi connectivity index (χ3v) is 4.37. The summed E-state index contributed by atoms with van der Waals surface area (Å²) in [4.78, 5) is 12.4. The number of halogens is 1. The lowest BCUT2D eigenvalue weighted by atomic mass is 9.88. The molecule has 1 aromatic rings. The van der Waals surface area contributed by atoms with E-state index in [4.69, 9.17) is 0 Å². The first-order valence-corrected chi connectivity index (χ1v) is 7.54. The molecule has 0 bridgehead atoms. The summed E-state index contributed by atoms with van der Waals surface area (Å²) in [5.74, 6) is 0.695. The van der Waals surface area contributed by atoms with Crippen LogP contribution in [0.5, 0.6) is 0 Å². The van der Waals surface area contributed by atoms with Gasteiger partial charge in [0.1, 0.15) is 0 Å². The molecule has 1 aromatic carbocycles. The SMILES string of the molecule is CC(C)c1ccc(C(C)NC(=O)C2(C)CCNC2)cc1.Cl. The average molecular weight is 311 g/mol. The van der Waals surface area contributed by atoms with E-state index in [1.54, 1.807) is 0 Å². The van der Waals surface area contributed by atoms with Crippen molar-refractivity contribution in [3.8, 4) is 0 Å². The highest BCUT2D eigenvalue weighted by molar-refractivity contribution is 5.85. The zero-order chi connectivity index (χ0) is 14.8. The summed E-state index contributed by atoms with van der Waals surface area (Å²) in [7, 11) is 0. The van der Waals surface area contributed by atoms with Gasteiger partial charge in [0.2, 0.25) is 5.91 Å². The number of hydrogen-bond donors (Lipinski definition) is 2. The van der Waals surface area contributed by atoms with E-state index in [9.17, 15) is 4.79 Å². The smallest absolute Gasteiger partial charge is 0.227 e. The molecule has 0 aromatic heterocycles. The third kappa shape index (κ3) is 4.21. The molecule has 1 fully saturated rings. The van der Waals surface area contributed by atoms with E-state index < -0.39 is 0 Å². The molecule has 3 nitrogen and oxygen atoms in total. The van der Waals surface area contributed by atoms with Crippen LogP contribution in [0, 0.1) is 5.41 Å². The summed E-state index contributed by atoms with van der Waals surface area (Å²) in [5.41, 5.74) is 2.24. The average Bonchev–Trinajstić information content (AvgIpc) is 2.87. The molecule has 2 N–H and O–H groups in total. The highest BCUT2D eigenvalue weighted by atomic mass is 35.5. The Balaban J connectivity index is 0.00000220. The minimum Gasteiger partial charge on any atom is -0.349 e. The Hall–Kier alpha value is -1.06. The van der Waals surface area contributed by atoms with Crippen molar-refractivity contribution < 1.29 is 4.79 Å². The van der Waals surface area contributed by atoms with Crippen LogP contribution in [0.15, 0.2) is 24.3 Å². The molecule has 1 heterocycles. The molecular formula is C17H27ClN2O. The minimum absolute atomic E-state index is 0. The van der Waals surface area contributed by atoms with Gasteiger partial charge in [-0.1, -0.05) is 38.1 Å². The van der Waals surface area contributed by atoms with Crippen molar-refractivity contribution in [3.63, 3.8) is 0 Å². The molecular weight excluding hydrogens is 284 g/mol. The van der Waals surface area contributed by atoms with Crippen LogP contribution in [0.4, 0.5) is 0 Å². The molecule has 2 unspecified atom stereocenters. The zero-order valence-corrected chi connectivity index (χ0v) is 14.2. The molecule has 0 radical (unpaired) electrons. The monoisotopic (exact) mass is 310 g/mol. The first-order valence-electron chi connectivity index (χ1n) is 7.54. The van der Waals surface area contributed by atoms with Crippen molar-refractivity contribution in [3.05, 3.63) is 35.4 Å². The van der Waals surface area contributed by atoms with E-state index in [2.05, 4.69) is 48.7 Å². The molecule has 0 aliphatic carbocycles. The molecule has 21 heavy (non-hydrogen) atoms. The first-order chi connectivity index (χ1) is 9.42. The topological polar surface area (TPSA) is 41.1 Å². The van der Waals surface area contributed by atoms with Gasteiger partial charge < -0.3 is 10.6 Å². The largest absolute Gasteiger partial charge is 0.349 e. The van der Waals surface area contributed by atoms with E-state index >= 15 is 0 Å². The lowest BCUT2D eigenvalue weighted by molar-refractivity contribution is -0.129. The Bertz CT molecular complexity index is 464. The number of carbonyl (C=O) groups excluding carboxylic acids is 1. The Morgan fingerprint density at radius 2 is 1.76 bits per heavy atom. The van der Waals surface area contributed by atoms with Gasteiger partial charge >= 0.3 is 0 Å². The van der Waals surface area contributed by atoms with Crippen LogP contribution < -0.4 is 10.6 Å². The van der Waals surface area contributed by atoms with Crippen molar-refractivity contribution in [1.29, 1.82) is 0 Å². The third-order valence-electron chi connectivity index (χ3n) is 4.37. The Kier molecular flexibility index (Phi) is 6.24. The maximum atomic E-state index is 12.4. The molecule has 118 valence electrons. The second kappa shape index (κ2) is 7.28. The summed E-state index contributed by atoms with van der Waals surface area (Å²) in [6.45, 7) is 10.2. The summed E-state index contributed by atoms with van der Waals surface area (Å²) < 4.78 is 0. The van der Waals surface area contributed by atoms with Gasteiger partial charge in [-0.05, 0) is 43.9 Å². The summed E-state index contributed by atoms with van der Waals surface area (Å²) >= 11 is 0. The van der Waals surface area contributed by atoms with Crippen LogP contribution in [0.2, 0.25) is 0 Å². The van der Waals surface area contributed by atoms with Gasteiger partial charge in [-0.15, -0.1) is 12.4 Å². The summed E-state index contributed by atoms with van der Waals surface area (Å²) in [5, 5.41) is 6.41. The molecule has 1 amide bonds. The van der Waals surface area contributed by atoms with E-state index in [-0.39, 0.29) is 29.8 Å². The number of rotatable bonds is 4. The number of benzene rings is 1. The number of nitrogens with one attached hydrogen (secondary N) is 2. The van der Waals surface area contributed by atoms with E-state index in [1.165, 1.54) is 5.56 Å². The van der Waals surface area contributed by atoms with Gasteiger partial charge in [0.25, 0.3) is 0 Å². The van der Waals surface area contributed by atoms with E-state index in [0.29, 0.717) is 5.92 Å². The standard InChI is InChI=1S/C17H26N2O.ClH/c1-12(2)14-5-7-15(8-6-14)13(3)19-16(20)17(4)9-10-18-11-17;/h5-8,12-13,18H,9-11H2,1-4H3,(H,19,20);1H. The van der Waals surface area contributed by atoms with Gasteiger partial charge in [-0.2, -0.15) is 0 Å². The summed E-state index contributed by atoms with van der Waals surface area (Å²) in [6.07, 6.45) is 0.915. The normalized spacial score (nSPS) is 22.7. The van der Waals surface area contributed by atoms with Crippen molar-refractivity contribution in [1.82, 2.24) is 10.6 Å². The second-order valence-electron chi connectivity index (χ2n) is 6.50. The van der Waals surface area contributed by atoms with Gasteiger partial charge in [0.05, 0.1) is 11.5 Å². The van der Waals surface area contributed by atoms with E-state index in [0.717, 1.165) is 25.1 Å². The maximum Gasteiger partial charge on any atom is 0.227 e. The number of amides is 1. The van der Waals surface area contributed by atoms with Crippen molar-refractivity contribution in [2.24, 2.45) is 5.41 Å². The predicted octanol–water partition coefficient (Wildman–Crippen LogP) is 3.41. The van der Waals surface area contributed by atoms with Crippen molar-refractivity contribution in [2.45, 2.75) is 46.1 Å². The van der Waals surface area contributed by atoms with Gasteiger partial charge in [0.15, 0.2) is 0 Å². The molecule has 0 saturated carbocycles. The second-order valence-corrected chi connectivity index (χ2v) is 6.50. The molecule has 1 aliphatic heterocycles. The van der Waals surface area contributed by atoms with Crippen LogP contribution in [-0.2, 0) is 4.79 Å². The number of carbonyl (C=O) groups is 1. The maximum absolute atomic E-state index is 12.4. The quantitative estimate of drug-likeness (QED) is 0.895. The Labute approximate surface area is 134 Å². The molecule has 1 aliphatic rings. The van der Waals surface area contributed by atoms with E-state index in [1.807, 2.05) is 13.8 Å². The lowest BCUT2D eigenvalue weighted by Gasteiger charge is -2.25. The fraction of sp³-hybridized carbons (Fsp3) is 0.588. The van der Waals surface area contributed by atoms with Crippen LogP contribution in [-0.4, -0.2) is 19.0 Å².